The summed E-state index contributed by atoms with van der Waals surface area (Å²) in [7, 11) is -8.91. The summed E-state index contributed by atoms with van der Waals surface area (Å²) in [6.07, 6.45) is 1.40. The number of anilines is 1. The fraction of sp³-hybridized carbons (Fsp3) is 0.250. The maximum absolute atomic E-state index is 12.9. The molecule has 1 aromatic heterocycles. The molecule has 1 aliphatic heterocycles. The van der Waals surface area contributed by atoms with Crippen molar-refractivity contribution in [3.63, 3.8) is 0 Å². The lowest BCUT2D eigenvalue weighted by atomic mass is 10.00. The first kappa shape index (κ1) is 22.9. The van der Waals surface area contributed by atoms with Crippen LogP contribution in [0.5, 0.6) is 0 Å². The first-order valence-electron chi connectivity index (χ1n) is 8.84. The molecule has 3 rings (SSSR count). The van der Waals surface area contributed by atoms with Crippen LogP contribution in [0.1, 0.15) is 5.56 Å². The van der Waals surface area contributed by atoms with Gasteiger partial charge < -0.3 is 17.2 Å². The molecule has 0 bridgehead atoms. The predicted octanol–water partition coefficient (Wildman–Crippen LogP) is -1.29. The van der Waals surface area contributed by atoms with E-state index in [0.29, 0.717) is 5.56 Å². The van der Waals surface area contributed by atoms with Gasteiger partial charge in [0.05, 0.1) is 5.56 Å². The SMILES string of the molecule is NC[C@@H](N)CNS(=O)(=O)c1ccc(-c2ccc(N)nc2)c(C2=NCN=N2)c1S(N)(=O)=O. The van der Waals surface area contributed by atoms with Crippen molar-refractivity contribution >= 4 is 31.7 Å². The van der Waals surface area contributed by atoms with E-state index >= 15 is 0 Å². The number of benzene rings is 1. The monoisotopic (exact) mass is 467 g/mol. The molecule has 2 heterocycles. The van der Waals surface area contributed by atoms with Gasteiger partial charge in [-0.05, 0) is 23.8 Å². The van der Waals surface area contributed by atoms with Gasteiger partial charge in [-0.1, -0.05) is 6.07 Å². The highest BCUT2D eigenvalue weighted by atomic mass is 32.2. The van der Waals surface area contributed by atoms with Crippen LogP contribution in [0, 0.1) is 0 Å². The number of amidine groups is 1. The Labute approximate surface area is 178 Å². The van der Waals surface area contributed by atoms with Crippen LogP contribution in [0.15, 0.2) is 55.5 Å². The number of azo groups is 1. The van der Waals surface area contributed by atoms with E-state index in [4.69, 9.17) is 22.3 Å². The van der Waals surface area contributed by atoms with Gasteiger partial charge in [0.15, 0.2) is 12.5 Å². The maximum atomic E-state index is 12.9. The highest BCUT2D eigenvalue weighted by molar-refractivity contribution is 7.92. The Hall–Kier alpha value is -2.82. The zero-order valence-corrected chi connectivity index (χ0v) is 17.8. The first-order valence-corrected chi connectivity index (χ1v) is 11.9. The van der Waals surface area contributed by atoms with Crippen molar-refractivity contribution in [3.05, 3.63) is 36.0 Å². The molecule has 15 heteroatoms. The Morgan fingerprint density at radius 1 is 1.13 bits per heavy atom. The lowest BCUT2D eigenvalue weighted by Crippen LogP contribution is -2.42. The smallest absolute Gasteiger partial charge is 0.241 e. The van der Waals surface area contributed by atoms with Crippen LogP contribution in [-0.2, 0) is 20.0 Å². The number of primary sulfonamides is 1. The maximum Gasteiger partial charge on any atom is 0.241 e. The first-order chi connectivity index (χ1) is 14.5. The second-order valence-electron chi connectivity index (χ2n) is 6.54. The van der Waals surface area contributed by atoms with E-state index in [9.17, 15) is 16.8 Å². The molecule has 0 saturated carbocycles. The highest BCUT2D eigenvalue weighted by Crippen LogP contribution is 2.34. The number of aromatic nitrogens is 1. The molecule has 1 atom stereocenters. The average Bonchev–Trinajstić information content (AvgIpc) is 3.25. The van der Waals surface area contributed by atoms with Gasteiger partial charge in [0.2, 0.25) is 20.0 Å². The third-order valence-corrected chi connectivity index (χ3v) is 6.89. The Kier molecular flexibility index (Phi) is 6.44. The van der Waals surface area contributed by atoms with Crippen LogP contribution in [0.4, 0.5) is 5.82 Å². The van der Waals surface area contributed by atoms with Crippen LogP contribution < -0.4 is 27.1 Å². The van der Waals surface area contributed by atoms with E-state index in [1.54, 1.807) is 6.07 Å². The number of aliphatic imine (C=N–C) groups is 1. The van der Waals surface area contributed by atoms with E-state index < -0.39 is 35.9 Å². The predicted molar refractivity (Wildman–Crippen MR) is 114 cm³/mol. The van der Waals surface area contributed by atoms with Gasteiger partial charge in [-0.2, -0.15) is 5.11 Å². The minimum Gasteiger partial charge on any atom is -0.384 e. The van der Waals surface area contributed by atoms with E-state index in [0.717, 1.165) is 6.07 Å². The Balaban J connectivity index is 2.31. The van der Waals surface area contributed by atoms with Gasteiger partial charge in [-0.25, -0.2) is 36.7 Å². The number of sulfonamides is 2. The molecule has 0 unspecified atom stereocenters. The lowest BCUT2D eigenvalue weighted by Gasteiger charge is -2.18. The molecular weight excluding hydrogens is 446 g/mol. The number of pyridine rings is 1. The normalized spacial score (nSPS) is 15.1. The van der Waals surface area contributed by atoms with Gasteiger partial charge in [0.25, 0.3) is 0 Å². The van der Waals surface area contributed by atoms with Crippen molar-refractivity contribution < 1.29 is 16.8 Å². The molecule has 0 aliphatic carbocycles. The minimum atomic E-state index is -4.57. The molecule has 9 N–H and O–H groups in total. The van der Waals surface area contributed by atoms with Crippen molar-refractivity contribution in [2.24, 2.45) is 31.8 Å². The van der Waals surface area contributed by atoms with E-state index in [1.807, 2.05) is 0 Å². The number of hydrogen-bond acceptors (Lipinski definition) is 11. The summed E-state index contributed by atoms with van der Waals surface area (Å²) in [6, 6.07) is 4.96. The van der Waals surface area contributed by atoms with Crippen LogP contribution in [0.2, 0.25) is 0 Å². The summed E-state index contributed by atoms with van der Waals surface area (Å²) in [5.41, 5.74) is 17.3. The number of nitrogen functional groups attached to an aromatic ring is 1. The average molecular weight is 468 g/mol. The minimum absolute atomic E-state index is 0.0239. The van der Waals surface area contributed by atoms with Gasteiger partial charge >= 0.3 is 0 Å². The topological polar surface area (TPSA) is 234 Å². The summed E-state index contributed by atoms with van der Waals surface area (Å²) in [6.45, 7) is -0.224. The largest absolute Gasteiger partial charge is 0.384 e. The molecule has 0 saturated heterocycles. The molecule has 2 aromatic rings. The third-order valence-electron chi connectivity index (χ3n) is 4.30. The molecule has 0 spiro atoms. The van der Waals surface area contributed by atoms with Gasteiger partial charge in [0, 0.05) is 30.9 Å². The summed E-state index contributed by atoms with van der Waals surface area (Å²) < 4.78 is 53.3. The second kappa shape index (κ2) is 8.74. The van der Waals surface area contributed by atoms with E-state index in [1.165, 1.54) is 18.3 Å². The van der Waals surface area contributed by atoms with Crippen LogP contribution in [0.25, 0.3) is 11.1 Å². The standard InChI is InChI=1S/C16H21N9O4S2/c17-5-10(18)7-24-31(28,29)12-3-2-11(9-1-4-13(19)21-6-9)14(15(12)30(20,26)27)16-22-8-23-25-16/h1-4,6,10,24H,5,7-8,17-18H2,(H2,19,21)(H2,20,26,27)/t10-/m1/s1. The second-order valence-corrected chi connectivity index (χ2v) is 9.78. The van der Waals surface area contributed by atoms with E-state index in [-0.39, 0.29) is 42.5 Å². The van der Waals surface area contributed by atoms with Crippen molar-refractivity contribution in [2.75, 3.05) is 25.5 Å². The van der Waals surface area contributed by atoms with Crippen LogP contribution in [0.3, 0.4) is 0 Å². The van der Waals surface area contributed by atoms with Crippen LogP contribution in [-0.4, -0.2) is 53.5 Å². The molecule has 13 nitrogen and oxygen atoms in total. The number of rotatable bonds is 8. The molecule has 166 valence electrons. The summed E-state index contributed by atoms with van der Waals surface area (Å²) in [4.78, 5) is 6.80. The fourth-order valence-corrected chi connectivity index (χ4v) is 5.51. The van der Waals surface area contributed by atoms with Crippen molar-refractivity contribution in [1.29, 1.82) is 0 Å². The molecule has 31 heavy (non-hydrogen) atoms. The van der Waals surface area contributed by atoms with E-state index in [2.05, 4.69) is 24.9 Å². The zero-order valence-electron chi connectivity index (χ0n) is 16.1. The number of hydrogen-bond donors (Lipinski definition) is 5. The summed E-state index contributed by atoms with van der Waals surface area (Å²) >= 11 is 0. The third kappa shape index (κ3) is 4.92. The van der Waals surface area contributed by atoms with Crippen molar-refractivity contribution in [2.45, 2.75) is 15.8 Å². The Bertz CT molecular complexity index is 1260. The zero-order chi connectivity index (χ0) is 22.8. The Morgan fingerprint density at radius 2 is 1.87 bits per heavy atom. The fourth-order valence-electron chi connectivity index (χ4n) is 2.82. The lowest BCUT2D eigenvalue weighted by molar-refractivity contribution is 0.563. The number of nitrogens with two attached hydrogens (primary N) is 4. The van der Waals surface area contributed by atoms with Crippen molar-refractivity contribution in [1.82, 2.24) is 9.71 Å². The van der Waals surface area contributed by atoms with Gasteiger partial charge in [-0.3, -0.25) is 0 Å². The summed E-state index contributed by atoms with van der Waals surface area (Å²) in [5, 5.41) is 13.0. The Morgan fingerprint density at radius 3 is 2.42 bits per heavy atom. The highest BCUT2D eigenvalue weighted by Gasteiger charge is 2.32. The quantitative estimate of drug-likeness (QED) is 0.312. The molecular formula is C16H21N9O4S2. The van der Waals surface area contributed by atoms with Crippen molar-refractivity contribution in [3.8, 4) is 11.1 Å². The molecule has 1 aliphatic rings. The molecule has 1 aromatic carbocycles. The number of nitrogens with zero attached hydrogens (tertiary/aromatic N) is 4. The van der Waals surface area contributed by atoms with Gasteiger partial charge in [0.1, 0.15) is 15.6 Å². The molecule has 0 radical (unpaired) electrons. The van der Waals surface area contributed by atoms with Gasteiger partial charge in [-0.15, -0.1) is 5.11 Å². The van der Waals surface area contributed by atoms with Crippen LogP contribution >= 0.6 is 0 Å². The molecule has 0 fully saturated rings. The number of nitrogens with one attached hydrogen (secondary N) is 1. The summed E-state index contributed by atoms with van der Waals surface area (Å²) in [5.74, 6) is 0.168. The molecule has 0 amide bonds.